The number of hydrogen-bond donors (Lipinski definition) is 0. The molecule has 1 saturated heterocycles. The largest absolute Gasteiger partial charge is 0.444 e. The zero-order valence-corrected chi connectivity index (χ0v) is 15.7. The molecule has 0 radical (unpaired) electrons. The highest BCUT2D eigenvalue weighted by Crippen LogP contribution is 2.16. The smallest absolute Gasteiger partial charge is 0.410 e. The van der Waals surface area contributed by atoms with Crippen molar-refractivity contribution in [1.29, 1.82) is 0 Å². The average molecular weight is 333 g/mol. The van der Waals surface area contributed by atoms with Gasteiger partial charge < -0.3 is 9.64 Å². The zero-order chi connectivity index (χ0) is 17.7. The third-order valence-electron chi connectivity index (χ3n) is 4.00. The van der Waals surface area contributed by atoms with Crippen molar-refractivity contribution in [2.24, 2.45) is 5.92 Å². The topological polar surface area (TPSA) is 45.7 Å². The van der Waals surface area contributed by atoms with Gasteiger partial charge in [0.15, 0.2) is 0 Å². The molecule has 0 saturated carbocycles. The fraction of sp³-hybridized carbons (Fsp3) is 0.684. The van der Waals surface area contributed by atoms with Gasteiger partial charge in [-0.2, -0.15) is 0 Å². The summed E-state index contributed by atoms with van der Waals surface area (Å²) < 4.78 is 5.45. The van der Waals surface area contributed by atoms with Crippen LogP contribution in [0.4, 0.5) is 4.79 Å². The Balaban J connectivity index is 1.89. The Kier molecular flexibility index (Phi) is 6.21. The van der Waals surface area contributed by atoms with E-state index >= 15 is 0 Å². The summed E-state index contributed by atoms with van der Waals surface area (Å²) >= 11 is 0. The van der Waals surface area contributed by atoms with Gasteiger partial charge >= 0.3 is 6.09 Å². The lowest BCUT2D eigenvalue weighted by Gasteiger charge is -2.35. The molecule has 0 N–H and O–H groups in total. The van der Waals surface area contributed by atoms with Gasteiger partial charge in [-0.15, -0.1) is 0 Å². The minimum atomic E-state index is -0.435. The maximum atomic E-state index is 12.1. The van der Waals surface area contributed by atoms with E-state index in [4.69, 9.17) is 4.74 Å². The second kappa shape index (κ2) is 7.97. The van der Waals surface area contributed by atoms with Crippen molar-refractivity contribution in [1.82, 2.24) is 14.8 Å². The molecule has 5 nitrogen and oxygen atoms in total. The minimum absolute atomic E-state index is 0.205. The number of piperazine rings is 1. The fourth-order valence-electron chi connectivity index (χ4n) is 2.84. The summed E-state index contributed by atoms with van der Waals surface area (Å²) in [6.45, 7) is 14.2. The van der Waals surface area contributed by atoms with Gasteiger partial charge in [0, 0.05) is 44.6 Å². The van der Waals surface area contributed by atoms with E-state index in [0.29, 0.717) is 19.0 Å². The first-order valence-electron chi connectivity index (χ1n) is 8.87. The van der Waals surface area contributed by atoms with Gasteiger partial charge in [0.25, 0.3) is 0 Å². The third kappa shape index (κ3) is 5.78. The molecule has 0 unspecified atom stereocenters. The third-order valence-corrected chi connectivity index (χ3v) is 4.00. The van der Waals surface area contributed by atoms with E-state index in [9.17, 15) is 4.79 Å². The van der Waals surface area contributed by atoms with Gasteiger partial charge in [0.05, 0.1) is 0 Å². The van der Waals surface area contributed by atoms with Gasteiger partial charge in [-0.1, -0.05) is 19.9 Å². The number of ether oxygens (including phenoxy) is 1. The van der Waals surface area contributed by atoms with Crippen molar-refractivity contribution in [2.45, 2.75) is 53.2 Å². The monoisotopic (exact) mass is 333 g/mol. The van der Waals surface area contributed by atoms with Crippen molar-refractivity contribution in [3.05, 3.63) is 29.6 Å². The molecular weight excluding hydrogens is 302 g/mol. The number of nitrogens with zero attached hydrogens (tertiary/aromatic N) is 3. The van der Waals surface area contributed by atoms with Crippen LogP contribution in [0.5, 0.6) is 0 Å². The molecule has 0 bridgehead atoms. The molecule has 2 heterocycles. The Morgan fingerprint density at radius 2 is 1.92 bits per heavy atom. The van der Waals surface area contributed by atoms with E-state index < -0.39 is 5.60 Å². The first kappa shape index (κ1) is 18.7. The minimum Gasteiger partial charge on any atom is -0.444 e. The molecule has 2 rings (SSSR count). The van der Waals surface area contributed by atoms with Crippen molar-refractivity contribution in [3.8, 4) is 0 Å². The van der Waals surface area contributed by atoms with Gasteiger partial charge in [0.1, 0.15) is 5.60 Å². The van der Waals surface area contributed by atoms with Crippen molar-refractivity contribution < 1.29 is 9.53 Å². The highest BCUT2D eigenvalue weighted by molar-refractivity contribution is 5.68. The molecule has 0 spiro atoms. The maximum absolute atomic E-state index is 12.1. The molecule has 1 amide bonds. The predicted molar refractivity (Wildman–Crippen MR) is 95.9 cm³/mol. The van der Waals surface area contributed by atoms with Crippen LogP contribution >= 0.6 is 0 Å². The van der Waals surface area contributed by atoms with E-state index in [0.717, 1.165) is 26.1 Å². The van der Waals surface area contributed by atoms with Gasteiger partial charge in [-0.25, -0.2) is 4.79 Å². The van der Waals surface area contributed by atoms with Crippen LogP contribution < -0.4 is 0 Å². The highest BCUT2D eigenvalue weighted by Gasteiger charge is 2.26. The molecule has 1 aliphatic heterocycles. The van der Waals surface area contributed by atoms with E-state index in [1.807, 2.05) is 33.0 Å². The van der Waals surface area contributed by atoms with Gasteiger partial charge in [-0.3, -0.25) is 9.88 Å². The van der Waals surface area contributed by atoms with Crippen molar-refractivity contribution in [3.63, 3.8) is 0 Å². The second-order valence-electron chi connectivity index (χ2n) is 7.95. The van der Waals surface area contributed by atoms with E-state index in [-0.39, 0.29) is 6.09 Å². The van der Waals surface area contributed by atoms with Crippen LogP contribution in [0.25, 0.3) is 0 Å². The lowest BCUT2D eigenvalue weighted by atomic mass is 10.0. The fourth-order valence-corrected chi connectivity index (χ4v) is 2.84. The average Bonchev–Trinajstić information content (AvgIpc) is 2.48. The molecule has 1 fully saturated rings. The number of amides is 1. The Morgan fingerprint density at radius 1 is 1.25 bits per heavy atom. The molecule has 134 valence electrons. The molecule has 5 heteroatoms. The summed E-state index contributed by atoms with van der Waals surface area (Å²) in [4.78, 5) is 20.9. The first-order valence-corrected chi connectivity index (χ1v) is 8.87. The summed E-state index contributed by atoms with van der Waals surface area (Å²) in [5, 5.41) is 0. The summed E-state index contributed by atoms with van der Waals surface area (Å²) in [5.74, 6) is 0.600. The van der Waals surface area contributed by atoms with Crippen LogP contribution in [0, 0.1) is 5.92 Å². The summed E-state index contributed by atoms with van der Waals surface area (Å²) in [5.41, 5.74) is 2.06. The second-order valence-corrected chi connectivity index (χ2v) is 7.95. The quantitative estimate of drug-likeness (QED) is 0.848. The van der Waals surface area contributed by atoms with Crippen LogP contribution in [-0.4, -0.2) is 52.7 Å². The van der Waals surface area contributed by atoms with Crippen LogP contribution in [0.3, 0.4) is 0 Å². The van der Waals surface area contributed by atoms with Crippen LogP contribution in [0.1, 0.15) is 45.9 Å². The van der Waals surface area contributed by atoms with Crippen molar-refractivity contribution in [2.75, 3.05) is 26.2 Å². The Bertz CT molecular complexity index is 544. The number of pyridine rings is 1. The molecule has 24 heavy (non-hydrogen) atoms. The lowest BCUT2D eigenvalue weighted by Crippen LogP contribution is -2.49. The first-order chi connectivity index (χ1) is 11.2. The van der Waals surface area contributed by atoms with E-state index in [2.05, 4.69) is 29.8 Å². The standard InChI is InChI=1S/C19H31N3O2/c1-15(2)13-17-16(7-6-8-20-17)14-21-9-11-22(12-10-21)18(23)24-19(3,4)5/h6-8,15H,9-14H2,1-5H3. The summed E-state index contributed by atoms with van der Waals surface area (Å²) in [7, 11) is 0. The van der Waals surface area contributed by atoms with Gasteiger partial charge in [-0.05, 0) is 44.7 Å². The molecule has 1 aliphatic rings. The molecule has 0 aromatic carbocycles. The number of carbonyl (C=O) groups is 1. The summed E-state index contributed by atoms with van der Waals surface area (Å²) in [6, 6.07) is 4.18. The zero-order valence-electron chi connectivity index (χ0n) is 15.7. The summed E-state index contributed by atoms with van der Waals surface area (Å²) in [6.07, 6.45) is 2.68. The molecule has 0 aliphatic carbocycles. The van der Waals surface area contributed by atoms with E-state index in [1.165, 1.54) is 11.3 Å². The molecule has 1 aromatic heterocycles. The SMILES string of the molecule is CC(C)Cc1ncccc1CN1CCN(C(=O)OC(C)(C)C)CC1. The highest BCUT2D eigenvalue weighted by atomic mass is 16.6. The molecular formula is C19H31N3O2. The maximum Gasteiger partial charge on any atom is 0.410 e. The van der Waals surface area contributed by atoms with Crippen molar-refractivity contribution >= 4 is 6.09 Å². The number of hydrogen-bond acceptors (Lipinski definition) is 4. The number of carbonyl (C=O) groups excluding carboxylic acids is 1. The Morgan fingerprint density at radius 3 is 2.50 bits per heavy atom. The number of rotatable bonds is 4. The lowest BCUT2D eigenvalue weighted by molar-refractivity contribution is 0.0138. The predicted octanol–water partition coefficient (Wildman–Crippen LogP) is 3.33. The molecule has 0 atom stereocenters. The van der Waals surface area contributed by atoms with Crippen LogP contribution in [0.2, 0.25) is 0 Å². The Labute approximate surface area is 146 Å². The van der Waals surface area contributed by atoms with E-state index in [1.54, 1.807) is 4.90 Å². The van der Waals surface area contributed by atoms with Crippen LogP contribution in [-0.2, 0) is 17.7 Å². The molecule has 1 aromatic rings. The van der Waals surface area contributed by atoms with Crippen LogP contribution in [0.15, 0.2) is 18.3 Å². The Hall–Kier alpha value is -1.62. The normalized spacial score (nSPS) is 16.5. The number of aromatic nitrogens is 1. The van der Waals surface area contributed by atoms with Gasteiger partial charge in [0.2, 0.25) is 0 Å².